The standard InChI is InChI=1S/C15H21NO4/c1-2-16(13-9-19-8-11(13)15(17)18)12-4-3-5-14-10(12)6-7-20-14/h6-7,11-13H,2-5,8-9H2,1H3,(H,17,18). The molecule has 110 valence electrons. The molecule has 1 aliphatic carbocycles. The molecule has 3 unspecified atom stereocenters. The average Bonchev–Trinajstić information content (AvgIpc) is 3.08. The number of carboxylic acids is 1. The van der Waals surface area contributed by atoms with Crippen LogP contribution in [0.4, 0.5) is 0 Å². The summed E-state index contributed by atoms with van der Waals surface area (Å²) in [4.78, 5) is 13.7. The van der Waals surface area contributed by atoms with E-state index in [1.54, 1.807) is 6.26 Å². The molecule has 1 aromatic rings. The van der Waals surface area contributed by atoms with Gasteiger partial charge in [0.25, 0.3) is 0 Å². The smallest absolute Gasteiger partial charge is 0.310 e. The molecule has 3 rings (SSSR count). The van der Waals surface area contributed by atoms with Crippen molar-refractivity contribution in [3.05, 3.63) is 23.7 Å². The summed E-state index contributed by atoms with van der Waals surface area (Å²) < 4.78 is 11.0. The summed E-state index contributed by atoms with van der Waals surface area (Å²) >= 11 is 0. The van der Waals surface area contributed by atoms with Gasteiger partial charge >= 0.3 is 5.97 Å². The fraction of sp³-hybridized carbons (Fsp3) is 0.667. The predicted octanol–water partition coefficient (Wildman–Crippen LogP) is 2.08. The van der Waals surface area contributed by atoms with Crippen LogP contribution in [0.15, 0.2) is 16.7 Å². The van der Waals surface area contributed by atoms with Crippen LogP contribution >= 0.6 is 0 Å². The number of aryl methyl sites for hydroxylation is 1. The molecule has 1 N–H and O–H groups in total. The van der Waals surface area contributed by atoms with Gasteiger partial charge in [-0.2, -0.15) is 0 Å². The molecule has 0 bridgehead atoms. The van der Waals surface area contributed by atoms with Gasteiger partial charge in [-0.15, -0.1) is 0 Å². The lowest BCUT2D eigenvalue weighted by atomic mass is 9.89. The number of carboxylic acid groups (broad SMARTS) is 1. The van der Waals surface area contributed by atoms with Gasteiger partial charge in [-0.05, 0) is 25.5 Å². The minimum absolute atomic E-state index is 0.0386. The largest absolute Gasteiger partial charge is 0.481 e. The molecule has 5 heteroatoms. The molecule has 1 aliphatic heterocycles. The molecular formula is C15H21NO4. The lowest BCUT2D eigenvalue weighted by Crippen LogP contribution is -2.45. The number of likely N-dealkylation sites (N-methyl/N-ethyl adjacent to an activating group) is 1. The minimum Gasteiger partial charge on any atom is -0.481 e. The van der Waals surface area contributed by atoms with Gasteiger partial charge in [-0.25, -0.2) is 0 Å². The maximum atomic E-state index is 11.4. The molecule has 0 aromatic carbocycles. The maximum absolute atomic E-state index is 11.4. The summed E-state index contributed by atoms with van der Waals surface area (Å²) in [5.41, 5.74) is 1.23. The molecule has 0 spiro atoms. The highest BCUT2D eigenvalue weighted by Gasteiger charge is 2.41. The van der Waals surface area contributed by atoms with Crippen LogP contribution in [0.3, 0.4) is 0 Å². The SMILES string of the molecule is CCN(C1CCCc2occc21)C1COCC1C(=O)O. The first-order chi connectivity index (χ1) is 9.72. The fourth-order valence-corrected chi connectivity index (χ4v) is 3.60. The van der Waals surface area contributed by atoms with Gasteiger partial charge in [0.2, 0.25) is 0 Å². The number of hydrogen-bond acceptors (Lipinski definition) is 4. The third kappa shape index (κ3) is 2.25. The summed E-state index contributed by atoms with van der Waals surface area (Å²) in [7, 11) is 0. The third-order valence-electron chi connectivity index (χ3n) is 4.58. The third-order valence-corrected chi connectivity index (χ3v) is 4.58. The fourth-order valence-electron chi connectivity index (χ4n) is 3.60. The van der Waals surface area contributed by atoms with Crippen molar-refractivity contribution >= 4 is 5.97 Å². The Morgan fingerprint density at radius 1 is 1.50 bits per heavy atom. The van der Waals surface area contributed by atoms with Crippen LogP contribution < -0.4 is 0 Å². The topological polar surface area (TPSA) is 62.9 Å². The molecular weight excluding hydrogens is 258 g/mol. The number of aliphatic carboxylic acids is 1. The van der Waals surface area contributed by atoms with E-state index in [4.69, 9.17) is 9.15 Å². The first-order valence-electron chi connectivity index (χ1n) is 7.35. The van der Waals surface area contributed by atoms with Crippen LogP contribution in [0.2, 0.25) is 0 Å². The van der Waals surface area contributed by atoms with Crippen molar-refractivity contribution in [3.63, 3.8) is 0 Å². The van der Waals surface area contributed by atoms with Gasteiger partial charge in [0.05, 0.1) is 25.4 Å². The average molecular weight is 279 g/mol. The Labute approximate surface area is 118 Å². The minimum atomic E-state index is -0.755. The van der Waals surface area contributed by atoms with Gasteiger partial charge in [0, 0.05) is 24.1 Å². The zero-order valence-corrected chi connectivity index (χ0v) is 11.7. The van der Waals surface area contributed by atoms with Crippen molar-refractivity contribution in [2.75, 3.05) is 19.8 Å². The van der Waals surface area contributed by atoms with Crippen molar-refractivity contribution in [3.8, 4) is 0 Å². The van der Waals surface area contributed by atoms with Crippen LogP contribution in [0.25, 0.3) is 0 Å². The first-order valence-corrected chi connectivity index (χ1v) is 7.35. The van der Waals surface area contributed by atoms with Crippen molar-refractivity contribution in [2.24, 2.45) is 5.92 Å². The molecule has 2 aliphatic rings. The van der Waals surface area contributed by atoms with Crippen molar-refractivity contribution in [1.29, 1.82) is 0 Å². The van der Waals surface area contributed by atoms with Crippen LogP contribution in [0.1, 0.15) is 37.1 Å². The predicted molar refractivity (Wildman–Crippen MR) is 72.5 cm³/mol. The van der Waals surface area contributed by atoms with Gasteiger partial charge in [-0.1, -0.05) is 6.92 Å². The number of rotatable bonds is 4. The Balaban J connectivity index is 1.86. The molecule has 0 radical (unpaired) electrons. The van der Waals surface area contributed by atoms with Crippen LogP contribution in [0.5, 0.6) is 0 Å². The molecule has 20 heavy (non-hydrogen) atoms. The number of furan rings is 1. The summed E-state index contributed by atoms with van der Waals surface area (Å²) in [5.74, 6) is -0.119. The number of ether oxygens (including phenoxy) is 1. The van der Waals surface area contributed by atoms with E-state index in [-0.39, 0.29) is 12.1 Å². The molecule has 2 heterocycles. The van der Waals surface area contributed by atoms with Crippen molar-refractivity contribution in [2.45, 2.75) is 38.3 Å². The van der Waals surface area contributed by atoms with E-state index in [0.29, 0.717) is 13.2 Å². The summed E-state index contributed by atoms with van der Waals surface area (Å²) in [5, 5.41) is 9.36. The Kier molecular flexibility index (Phi) is 3.81. The van der Waals surface area contributed by atoms with Gasteiger partial charge < -0.3 is 14.3 Å². The van der Waals surface area contributed by atoms with E-state index in [2.05, 4.69) is 11.8 Å². The van der Waals surface area contributed by atoms with Gasteiger partial charge in [0.1, 0.15) is 5.76 Å². The van der Waals surface area contributed by atoms with E-state index in [0.717, 1.165) is 31.6 Å². The Morgan fingerprint density at radius 2 is 2.35 bits per heavy atom. The van der Waals surface area contributed by atoms with E-state index < -0.39 is 11.9 Å². The molecule has 1 aromatic heterocycles. The van der Waals surface area contributed by atoms with Crippen LogP contribution in [0, 0.1) is 5.92 Å². The van der Waals surface area contributed by atoms with Crippen molar-refractivity contribution < 1.29 is 19.1 Å². The second kappa shape index (κ2) is 5.58. The summed E-state index contributed by atoms with van der Waals surface area (Å²) in [6, 6.07) is 2.26. The number of carbonyl (C=O) groups is 1. The highest BCUT2D eigenvalue weighted by atomic mass is 16.5. The maximum Gasteiger partial charge on any atom is 0.310 e. The molecule has 1 fully saturated rings. The van der Waals surface area contributed by atoms with Crippen LogP contribution in [-0.2, 0) is 16.0 Å². The van der Waals surface area contributed by atoms with Gasteiger partial charge in [-0.3, -0.25) is 9.69 Å². The second-order valence-electron chi connectivity index (χ2n) is 5.59. The van der Waals surface area contributed by atoms with E-state index in [1.165, 1.54) is 5.56 Å². The number of fused-ring (bicyclic) bond motifs is 1. The van der Waals surface area contributed by atoms with E-state index in [9.17, 15) is 9.90 Å². The molecule has 1 saturated heterocycles. The summed E-state index contributed by atoms with van der Waals surface area (Å²) in [6.07, 6.45) is 4.88. The molecule has 0 saturated carbocycles. The highest BCUT2D eigenvalue weighted by Crippen LogP contribution is 2.38. The van der Waals surface area contributed by atoms with Crippen molar-refractivity contribution in [1.82, 2.24) is 4.90 Å². The number of nitrogens with zero attached hydrogens (tertiary/aromatic N) is 1. The van der Waals surface area contributed by atoms with E-state index in [1.807, 2.05) is 6.07 Å². The molecule has 0 amide bonds. The lowest BCUT2D eigenvalue weighted by molar-refractivity contribution is -0.143. The second-order valence-corrected chi connectivity index (χ2v) is 5.59. The zero-order chi connectivity index (χ0) is 14.1. The van der Waals surface area contributed by atoms with E-state index >= 15 is 0 Å². The van der Waals surface area contributed by atoms with Gasteiger partial charge in [0.15, 0.2) is 0 Å². The highest BCUT2D eigenvalue weighted by molar-refractivity contribution is 5.71. The van der Waals surface area contributed by atoms with Crippen LogP contribution in [-0.4, -0.2) is 41.8 Å². The molecule has 5 nitrogen and oxygen atoms in total. The monoisotopic (exact) mass is 279 g/mol. The zero-order valence-electron chi connectivity index (χ0n) is 11.7. The Hall–Kier alpha value is -1.33. The first kappa shape index (κ1) is 13.6. The lowest BCUT2D eigenvalue weighted by Gasteiger charge is -2.38. The Morgan fingerprint density at radius 3 is 3.10 bits per heavy atom. The molecule has 3 atom stereocenters. The number of hydrogen-bond donors (Lipinski definition) is 1. The Bertz CT molecular complexity index is 484. The normalized spacial score (nSPS) is 29.6. The quantitative estimate of drug-likeness (QED) is 0.914. The summed E-state index contributed by atoms with van der Waals surface area (Å²) in [6.45, 7) is 3.74.